The zero-order valence-electron chi connectivity index (χ0n) is 18.1. The van der Waals surface area contributed by atoms with Crippen molar-refractivity contribution >= 4 is 23.5 Å². The van der Waals surface area contributed by atoms with E-state index in [2.05, 4.69) is 0 Å². The number of hydrogen-bond acceptors (Lipinski definition) is 6. The summed E-state index contributed by atoms with van der Waals surface area (Å²) in [7, 11) is 0. The van der Waals surface area contributed by atoms with Crippen LogP contribution in [0.1, 0.15) is 27.7 Å². The lowest BCUT2D eigenvalue weighted by Crippen LogP contribution is -2.05. The summed E-state index contributed by atoms with van der Waals surface area (Å²) in [6, 6.07) is 11.5. The third-order valence-electron chi connectivity index (χ3n) is 4.03. The molecule has 0 aliphatic rings. The van der Waals surface area contributed by atoms with Gasteiger partial charge in [-0.15, -0.1) is 0 Å². The third kappa shape index (κ3) is 6.23. The van der Waals surface area contributed by atoms with Crippen LogP contribution in [0.3, 0.4) is 0 Å². The normalized spacial score (nSPS) is 11.2. The van der Waals surface area contributed by atoms with E-state index in [0.717, 1.165) is 35.7 Å². The smallest absolute Gasteiger partial charge is 0.138 e. The number of halogens is 2. The van der Waals surface area contributed by atoms with Gasteiger partial charge in [-0.05, 0) is 64.1 Å². The molecule has 0 heterocycles. The molecule has 4 nitrogen and oxygen atoms in total. The molecule has 32 heavy (non-hydrogen) atoms. The Morgan fingerprint density at radius 1 is 0.625 bits per heavy atom. The minimum Gasteiger partial charge on any atom is -0.507 e. The van der Waals surface area contributed by atoms with Gasteiger partial charge in [0.15, 0.2) is 0 Å². The Labute approximate surface area is 194 Å². The number of ether oxygens (including phenoxy) is 2. The Morgan fingerprint density at radius 2 is 1.00 bits per heavy atom. The SMILES string of the molecule is CC(C)Oc1ccc(Sc2cc(F)c(Sc3ccc(OC(C)C)cc3O)cc2F)c(O)c1. The van der Waals surface area contributed by atoms with Gasteiger partial charge in [-0.2, -0.15) is 0 Å². The number of phenols is 2. The van der Waals surface area contributed by atoms with Crippen LogP contribution in [0.5, 0.6) is 23.0 Å². The molecule has 0 aromatic heterocycles. The van der Waals surface area contributed by atoms with Crippen LogP contribution in [-0.2, 0) is 0 Å². The van der Waals surface area contributed by atoms with Crippen molar-refractivity contribution in [3.63, 3.8) is 0 Å². The van der Waals surface area contributed by atoms with Crippen LogP contribution in [0, 0.1) is 11.6 Å². The van der Waals surface area contributed by atoms with Crippen molar-refractivity contribution in [3.8, 4) is 23.0 Å². The van der Waals surface area contributed by atoms with Crippen LogP contribution in [-0.4, -0.2) is 22.4 Å². The summed E-state index contributed by atoms with van der Waals surface area (Å²) in [5.74, 6) is -0.463. The van der Waals surface area contributed by atoms with Crippen molar-refractivity contribution in [2.75, 3.05) is 0 Å². The van der Waals surface area contributed by atoms with E-state index in [0.29, 0.717) is 21.3 Å². The van der Waals surface area contributed by atoms with Gasteiger partial charge in [0.05, 0.1) is 31.8 Å². The van der Waals surface area contributed by atoms with Crippen molar-refractivity contribution in [2.24, 2.45) is 0 Å². The van der Waals surface area contributed by atoms with Gasteiger partial charge in [0, 0.05) is 12.1 Å². The Bertz CT molecular complexity index is 1020. The molecule has 0 spiro atoms. The first kappa shape index (κ1) is 24.1. The second-order valence-corrected chi connectivity index (χ2v) is 9.68. The van der Waals surface area contributed by atoms with E-state index in [-0.39, 0.29) is 33.5 Å². The molecule has 0 amide bonds. The zero-order valence-corrected chi connectivity index (χ0v) is 19.7. The highest BCUT2D eigenvalue weighted by molar-refractivity contribution is 8.00. The molecular formula is C24H24F2O4S2. The highest BCUT2D eigenvalue weighted by Gasteiger charge is 2.16. The summed E-state index contributed by atoms with van der Waals surface area (Å²) < 4.78 is 40.5. The van der Waals surface area contributed by atoms with Crippen molar-refractivity contribution in [1.29, 1.82) is 0 Å². The summed E-state index contributed by atoms with van der Waals surface area (Å²) in [5, 5.41) is 20.4. The predicted octanol–water partition coefficient (Wildman–Crippen LogP) is 7.25. The van der Waals surface area contributed by atoms with E-state index in [1.807, 2.05) is 27.7 Å². The first-order valence-electron chi connectivity index (χ1n) is 9.96. The molecule has 0 saturated heterocycles. The van der Waals surface area contributed by atoms with Gasteiger partial charge in [0.25, 0.3) is 0 Å². The lowest BCUT2D eigenvalue weighted by Gasteiger charge is -2.13. The fourth-order valence-electron chi connectivity index (χ4n) is 2.76. The molecule has 0 aliphatic carbocycles. The first-order chi connectivity index (χ1) is 15.1. The average Bonchev–Trinajstić information content (AvgIpc) is 2.68. The largest absolute Gasteiger partial charge is 0.507 e. The highest BCUT2D eigenvalue weighted by Crippen LogP contribution is 2.42. The van der Waals surface area contributed by atoms with Gasteiger partial charge in [0.2, 0.25) is 0 Å². The Kier molecular flexibility index (Phi) is 7.79. The molecule has 0 unspecified atom stereocenters. The van der Waals surface area contributed by atoms with E-state index in [1.54, 1.807) is 24.3 Å². The van der Waals surface area contributed by atoms with Crippen LogP contribution in [0.25, 0.3) is 0 Å². The number of benzene rings is 3. The molecular weight excluding hydrogens is 454 g/mol. The van der Waals surface area contributed by atoms with Crippen LogP contribution >= 0.6 is 23.5 Å². The van der Waals surface area contributed by atoms with E-state index in [4.69, 9.17) is 9.47 Å². The fraction of sp³-hybridized carbons (Fsp3) is 0.250. The Morgan fingerprint density at radius 3 is 1.31 bits per heavy atom. The zero-order chi connectivity index (χ0) is 23.4. The van der Waals surface area contributed by atoms with Gasteiger partial charge in [-0.1, -0.05) is 23.5 Å². The van der Waals surface area contributed by atoms with Crippen LogP contribution < -0.4 is 9.47 Å². The minimum absolute atomic E-state index is 0.0320. The lowest BCUT2D eigenvalue weighted by atomic mass is 10.3. The van der Waals surface area contributed by atoms with Gasteiger partial charge >= 0.3 is 0 Å². The van der Waals surface area contributed by atoms with Crippen molar-refractivity contribution < 1.29 is 28.5 Å². The summed E-state index contributed by atoms with van der Waals surface area (Å²) >= 11 is 1.83. The standard InChI is InChI=1S/C24H24F2O4S2/c1-13(2)29-15-5-7-21(19(27)9-15)31-23-11-18(26)24(12-17(23)25)32-22-8-6-16(10-20(22)28)30-14(3)4/h5-14,27-28H,1-4H3. The predicted molar refractivity (Wildman–Crippen MR) is 122 cm³/mol. The molecule has 0 radical (unpaired) electrons. The molecule has 0 aliphatic heterocycles. The summed E-state index contributed by atoms with van der Waals surface area (Å²) in [4.78, 5) is 0.811. The molecule has 170 valence electrons. The van der Waals surface area contributed by atoms with Crippen molar-refractivity contribution in [1.82, 2.24) is 0 Å². The monoisotopic (exact) mass is 478 g/mol. The van der Waals surface area contributed by atoms with E-state index >= 15 is 0 Å². The minimum atomic E-state index is -0.639. The number of phenolic OH excluding ortho intramolecular Hbond substituents is 2. The van der Waals surface area contributed by atoms with Crippen LogP contribution in [0.15, 0.2) is 68.1 Å². The first-order valence-corrected chi connectivity index (χ1v) is 11.6. The molecule has 0 fully saturated rings. The molecule has 3 rings (SSSR count). The van der Waals surface area contributed by atoms with E-state index in [9.17, 15) is 19.0 Å². The number of rotatable bonds is 8. The molecule has 3 aromatic rings. The second-order valence-electron chi connectivity index (χ2n) is 7.51. The van der Waals surface area contributed by atoms with Gasteiger partial charge in [0.1, 0.15) is 34.6 Å². The topological polar surface area (TPSA) is 58.9 Å². The Hall–Kier alpha value is -2.58. The van der Waals surface area contributed by atoms with E-state index < -0.39 is 11.6 Å². The number of hydrogen-bond donors (Lipinski definition) is 2. The molecule has 3 aromatic carbocycles. The maximum atomic E-state index is 14.7. The van der Waals surface area contributed by atoms with E-state index in [1.165, 1.54) is 12.1 Å². The number of aromatic hydroxyl groups is 2. The molecule has 2 N–H and O–H groups in total. The average molecular weight is 479 g/mol. The van der Waals surface area contributed by atoms with Gasteiger partial charge in [-0.25, -0.2) is 8.78 Å². The molecule has 0 saturated carbocycles. The summed E-state index contributed by atoms with van der Waals surface area (Å²) in [6.45, 7) is 7.46. The van der Waals surface area contributed by atoms with Crippen molar-refractivity contribution in [3.05, 3.63) is 60.2 Å². The quantitative estimate of drug-likeness (QED) is 0.356. The highest BCUT2D eigenvalue weighted by atomic mass is 32.2. The molecule has 0 atom stereocenters. The lowest BCUT2D eigenvalue weighted by molar-refractivity contribution is 0.241. The summed E-state index contributed by atoms with van der Waals surface area (Å²) in [6.07, 6.45) is -0.106. The van der Waals surface area contributed by atoms with Crippen LogP contribution in [0.4, 0.5) is 8.78 Å². The van der Waals surface area contributed by atoms with Crippen molar-refractivity contribution in [2.45, 2.75) is 59.5 Å². The van der Waals surface area contributed by atoms with Gasteiger partial charge in [-0.3, -0.25) is 0 Å². The summed E-state index contributed by atoms with van der Waals surface area (Å²) in [5.41, 5.74) is 0. The Balaban J connectivity index is 1.78. The maximum absolute atomic E-state index is 14.7. The fourth-order valence-corrected chi connectivity index (χ4v) is 4.47. The second kappa shape index (κ2) is 10.4. The van der Waals surface area contributed by atoms with Crippen LogP contribution in [0.2, 0.25) is 0 Å². The molecule has 8 heteroatoms. The molecule has 0 bridgehead atoms. The maximum Gasteiger partial charge on any atom is 0.138 e. The van der Waals surface area contributed by atoms with Gasteiger partial charge < -0.3 is 19.7 Å². The third-order valence-corrected chi connectivity index (χ3v) is 6.23.